The van der Waals surface area contributed by atoms with E-state index < -0.39 is 7.28 Å². The minimum absolute atomic E-state index is 0.233. The van der Waals surface area contributed by atoms with Gasteiger partial charge in [0.15, 0.2) is 7.28 Å². The zero-order valence-electron chi connectivity index (χ0n) is 20.6. The highest BCUT2D eigenvalue weighted by Crippen LogP contribution is 2.62. The molecule has 0 saturated carbocycles. The molecule has 0 saturated heterocycles. The van der Waals surface area contributed by atoms with Crippen molar-refractivity contribution in [1.29, 1.82) is 0 Å². The molecule has 0 bridgehead atoms. The molecule has 1 heterocycles. The van der Waals surface area contributed by atoms with Gasteiger partial charge in [-0.3, -0.25) is 0 Å². The summed E-state index contributed by atoms with van der Waals surface area (Å²) < 4.78 is 16.1. The molecule has 0 aliphatic heterocycles. The molecule has 1 atom stereocenters. The number of para-hydroxylation sites is 2. The van der Waals surface area contributed by atoms with Crippen LogP contribution in [0, 0.1) is 3.57 Å². The molecule has 35 heavy (non-hydrogen) atoms. The second-order valence-electron chi connectivity index (χ2n) is 9.69. The molecule has 1 aromatic heterocycles. The molecule has 0 spiro atoms. The van der Waals surface area contributed by atoms with Crippen LogP contribution in [0.3, 0.4) is 0 Å². The minimum atomic E-state index is -2.56. The molecule has 0 fully saturated rings. The normalized spacial score (nSPS) is 13.6. The van der Waals surface area contributed by atoms with Crippen LogP contribution in [0.1, 0.15) is 27.7 Å². The van der Waals surface area contributed by atoms with Gasteiger partial charge in [-0.05, 0) is 90.2 Å². The third kappa shape index (κ3) is 4.43. The van der Waals surface area contributed by atoms with E-state index in [1.54, 1.807) is 0 Å². The van der Waals surface area contributed by atoms with Crippen molar-refractivity contribution in [2.45, 2.75) is 39.4 Å². The highest BCUT2D eigenvalue weighted by atomic mass is 127. The SMILES string of the molecule is CCn1c2ccccc2c2cc([P@](=Nc3ccc(I)cc3)(Oc3ccccc3)C(C)(C)C)ccc21. The summed E-state index contributed by atoms with van der Waals surface area (Å²) >= 11 is 2.34. The van der Waals surface area contributed by atoms with Gasteiger partial charge < -0.3 is 9.09 Å². The number of aromatic nitrogens is 1. The molecule has 5 aromatic rings. The van der Waals surface area contributed by atoms with Crippen LogP contribution in [0.15, 0.2) is 102 Å². The van der Waals surface area contributed by atoms with Gasteiger partial charge in [-0.25, -0.2) is 4.74 Å². The predicted octanol–water partition coefficient (Wildman–Crippen LogP) is 9.37. The van der Waals surface area contributed by atoms with Crippen molar-refractivity contribution in [2.24, 2.45) is 4.74 Å². The first-order chi connectivity index (χ1) is 16.8. The van der Waals surface area contributed by atoms with Crippen molar-refractivity contribution in [2.75, 3.05) is 0 Å². The van der Waals surface area contributed by atoms with Gasteiger partial charge in [-0.1, -0.05) is 57.2 Å². The first kappa shape index (κ1) is 24.1. The number of halogens is 1. The first-order valence-electron chi connectivity index (χ1n) is 12.0. The largest absolute Gasteiger partial charge is 0.455 e. The number of hydrogen-bond donors (Lipinski definition) is 0. The highest BCUT2D eigenvalue weighted by Gasteiger charge is 2.39. The molecule has 0 unspecified atom stereocenters. The standard InChI is InChI=1S/C30H30IN2OP/c1-5-33-28-14-10-9-13-26(28)27-21-25(19-20-29(27)33)35(30(2,3)4,34-24-11-7-6-8-12-24)32-23-17-15-22(31)16-18-23/h6-21H,5H2,1-4H3/t35-/m0/s1. The van der Waals surface area contributed by atoms with Crippen molar-refractivity contribution in [3.05, 3.63) is 101 Å². The van der Waals surface area contributed by atoms with E-state index in [4.69, 9.17) is 9.27 Å². The van der Waals surface area contributed by atoms with Gasteiger partial charge in [-0.2, -0.15) is 0 Å². The lowest BCUT2D eigenvalue weighted by Gasteiger charge is -2.37. The Bertz CT molecular complexity index is 1550. The van der Waals surface area contributed by atoms with Gasteiger partial charge in [0.05, 0.1) is 5.69 Å². The average Bonchev–Trinajstić information content (AvgIpc) is 3.18. The van der Waals surface area contributed by atoms with Gasteiger partial charge >= 0.3 is 0 Å². The number of fused-ring (bicyclic) bond motifs is 3. The van der Waals surface area contributed by atoms with Crippen LogP contribution in [0.4, 0.5) is 5.69 Å². The zero-order valence-corrected chi connectivity index (χ0v) is 23.6. The van der Waals surface area contributed by atoms with Crippen molar-refractivity contribution in [3.63, 3.8) is 0 Å². The van der Waals surface area contributed by atoms with Crippen molar-refractivity contribution in [3.8, 4) is 5.75 Å². The maximum atomic E-state index is 7.02. The van der Waals surface area contributed by atoms with E-state index in [-0.39, 0.29) is 5.16 Å². The number of rotatable bonds is 5. The van der Waals surface area contributed by atoms with Crippen LogP contribution in [0.5, 0.6) is 5.75 Å². The predicted molar refractivity (Wildman–Crippen MR) is 160 cm³/mol. The summed E-state index contributed by atoms with van der Waals surface area (Å²) in [6.45, 7) is 9.88. The van der Waals surface area contributed by atoms with Crippen LogP contribution in [0.2, 0.25) is 0 Å². The highest BCUT2D eigenvalue weighted by molar-refractivity contribution is 14.1. The molecular weight excluding hydrogens is 562 g/mol. The Morgan fingerprint density at radius 1 is 0.800 bits per heavy atom. The number of aryl methyl sites for hydroxylation is 1. The second-order valence-corrected chi connectivity index (χ2v) is 14.3. The molecule has 3 nitrogen and oxygen atoms in total. The molecule has 0 amide bonds. The summed E-state index contributed by atoms with van der Waals surface area (Å²) in [7, 11) is -2.56. The summed E-state index contributed by atoms with van der Waals surface area (Å²) in [5, 5.41) is 3.44. The fourth-order valence-electron chi connectivity index (χ4n) is 4.68. The summed E-state index contributed by atoms with van der Waals surface area (Å²) in [6.07, 6.45) is 0. The van der Waals surface area contributed by atoms with E-state index in [0.29, 0.717) is 0 Å². The average molecular weight is 592 g/mol. The Kier molecular flexibility index (Phi) is 6.54. The third-order valence-electron chi connectivity index (χ3n) is 6.40. The van der Waals surface area contributed by atoms with E-state index in [2.05, 4.69) is 122 Å². The van der Waals surface area contributed by atoms with Crippen LogP contribution < -0.4 is 9.83 Å². The van der Waals surface area contributed by atoms with Crippen molar-refractivity contribution < 1.29 is 4.52 Å². The maximum absolute atomic E-state index is 7.02. The first-order valence-corrected chi connectivity index (χ1v) is 14.7. The van der Waals surface area contributed by atoms with E-state index in [0.717, 1.165) is 23.3 Å². The van der Waals surface area contributed by atoms with E-state index in [1.165, 1.54) is 25.4 Å². The van der Waals surface area contributed by atoms with Gasteiger partial charge in [-0.15, -0.1) is 0 Å². The quantitative estimate of drug-likeness (QED) is 0.148. The minimum Gasteiger partial charge on any atom is -0.455 e. The number of nitrogens with zero attached hydrogens (tertiary/aromatic N) is 2. The maximum Gasteiger partial charge on any atom is 0.173 e. The number of hydrogen-bond acceptors (Lipinski definition) is 2. The Morgan fingerprint density at radius 3 is 2.14 bits per heavy atom. The molecule has 0 N–H and O–H groups in total. The lowest BCUT2D eigenvalue weighted by atomic mass is 10.1. The summed E-state index contributed by atoms with van der Waals surface area (Å²) in [5.74, 6) is 0.848. The number of benzene rings is 4. The van der Waals surface area contributed by atoms with Crippen LogP contribution in [0.25, 0.3) is 21.8 Å². The topological polar surface area (TPSA) is 26.5 Å². The lowest BCUT2D eigenvalue weighted by molar-refractivity contribution is 0.571. The Morgan fingerprint density at radius 2 is 1.46 bits per heavy atom. The lowest BCUT2D eigenvalue weighted by Crippen LogP contribution is -2.27. The molecule has 178 valence electrons. The van der Waals surface area contributed by atoms with E-state index in [1.807, 2.05) is 30.3 Å². The molecule has 0 aliphatic rings. The summed E-state index contributed by atoms with van der Waals surface area (Å²) in [5.41, 5.74) is 3.46. The molecule has 0 radical (unpaired) electrons. The zero-order chi connectivity index (χ0) is 24.6. The van der Waals surface area contributed by atoms with Crippen LogP contribution >= 0.6 is 29.9 Å². The fraction of sp³-hybridized carbons (Fsp3) is 0.200. The molecule has 5 rings (SSSR count). The van der Waals surface area contributed by atoms with Crippen LogP contribution in [-0.4, -0.2) is 9.72 Å². The summed E-state index contributed by atoms with van der Waals surface area (Å²) in [6, 6.07) is 34.0. The fourth-order valence-corrected chi connectivity index (χ4v) is 8.12. The van der Waals surface area contributed by atoms with E-state index in [9.17, 15) is 0 Å². The monoisotopic (exact) mass is 592 g/mol. The van der Waals surface area contributed by atoms with Gasteiger partial charge in [0, 0.05) is 42.4 Å². The van der Waals surface area contributed by atoms with Crippen molar-refractivity contribution in [1.82, 2.24) is 4.57 Å². The Hall–Kier alpha value is -2.56. The Balaban J connectivity index is 1.84. The smallest absolute Gasteiger partial charge is 0.173 e. The molecular formula is C30H30IN2OP. The van der Waals surface area contributed by atoms with E-state index >= 15 is 0 Å². The molecule has 4 aromatic carbocycles. The second kappa shape index (κ2) is 9.48. The third-order valence-corrected chi connectivity index (χ3v) is 10.9. The summed E-state index contributed by atoms with van der Waals surface area (Å²) in [4.78, 5) is 0. The van der Waals surface area contributed by atoms with Gasteiger partial charge in [0.2, 0.25) is 0 Å². The van der Waals surface area contributed by atoms with Crippen molar-refractivity contribution >= 4 is 62.7 Å². The molecule has 0 aliphatic carbocycles. The Labute approximate surface area is 221 Å². The van der Waals surface area contributed by atoms with Gasteiger partial charge in [0.25, 0.3) is 0 Å². The van der Waals surface area contributed by atoms with Gasteiger partial charge in [0.1, 0.15) is 5.75 Å². The van der Waals surface area contributed by atoms with Crippen LogP contribution in [-0.2, 0) is 6.54 Å². The molecule has 5 heteroatoms.